The van der Waals surface area contributed by atoms with Crippen LogP contribution >= 0.6 is 24.0 Å². The maximum atomic E-state index is 9.49. The Morgan fingerprint density at radius 1 is 1.11 bits per heavy atom. The molecular weight excluding hydrogens is 378 g/mol. The molecule has 0 unspecified atom stereocenters. The van der Waals surface area contributed by atoms with E-state index in [-0.39, 0.29) is 18.7 Å². The molecule has 138 valence electrons. The number of aliphatic hydroxyl groups excluding tert-OH is 1. The highest BCUT2D eigenvalue weighted by atomic mass is 32.2. The van der Waals surface area contributed by atoms with Gasteiger partial charge in [-0.15, -0.1) is 0 Å². The van der Waals surface area contributed by atoms with Gasteiger partial charge in [0.1, 0.15) is 11.8 Å². The molecule has 0 radical (unpaired) electrons. The molecule has 0 amide bonds. The fourth-order valence-corrected chi connectivity index (χ4v) is 4.35. The molecule has 1 aliphatic rings. The number of hydrogen-bond acceptors (Lipinski definition) is 5. The van der Waals surface area contributed by atoms with Crippen LogP contribution in [-0.4, -0.2) is 33.3 Å². The van der Waals surface area contributed by atoms with Crippen molar-refractivity contribution in [2.24, 2.45) is 0 Å². The number of nitrogens with one attached hydrogen (secondary N) is 1. The molecule has 0 bridgehead atoms. The lowest BCUT2D eigenvalue weighted by Gasteiger charge is -2.25. The molecule has 2 aromatic heterocycles. The number of furan rings is 1. The summed E-state index contributed by atoms with van der Waals surface area (Å²) in [6, 6.07) is 19.6. The van der Waals surface area contributed by atoms with E-state index in [1.165, 1.54) is 0 Å². The van der Waals surface area contributed by atoms with Crippen molar-refractivity contribution in [1.82, 2.24) is 15.2 Å². The number of aromatic nitrogens is 1. The predicted molar refractivity (Wildman–Crippen MR) is 109 cm³/mol. The third kappa shape index (κ3) is 3.85. The largest absolute Gasteiger partial charge is 0.452 e. The lowest BCUT2D eigenvalue weighted by atomic mass is 10.0. The topological polar surface area (TPSA) is 61.5 Å². The van der Waals surface area contributed by atoms with Gasteiger partial charge in [0, 0.05) is 17.6 Å². The number of benzene rings is 1. The minimum Gasteiger partial charge on any atom is -0.452 e. The maximum Gasteiger partial charge on any atom is 0.170 e. The number of pyridine rings is 1. The van der Waals surface area contributed by atoms with E-state index in [1.54, 1.807) is 18.0 Å². The van der Waals surface area contributed by atoms with E-state index in [4.69, 9.17) is 16.6 Å². The molecule has 0 saturated carbocycles. The van der Waals surface area contributed by atoms with Gasteiger partial charge in [0.25, 0.3) is 0 Å². The average molecular weight is 398 g/mol. The van der Waals surface area contributed by atoms with Crippen molar-refractivity contribution in [3.63, 3.8) is 0 Å². The number of nitrogens with zero attached hydrogens (tertiary/aromatic N) is 2. The van der Waals surface area contributed by atoms with Crippen molar-refractivity contribution in [2.75, 3.05) is 13.2 Å². The van der Waals surface area contributed by atoms with Crippen LogP contribution in [-0.2, 0) is 0 Å². The lowest BCUT2D eigenvalue weighted by molar-refractivity contribution is 0.204. The molecule has 1 aromatic carbocycles. The first-order chi connectivity index (χ1) is 13.3. The van der Waals surface area contributed by atoms with E-state index in [0.29, 0.717) is 11.7 Å². The highest BCUT2D eigenvalue weighted by Gasteiger charge is 2.41. The smallest absolute Gasteiger partial charge is 0.170 e. The number of rotatable bonds is 6. The van der Waals surface area contributed by atoms with E-state index < -0.39 is 0 Å². The van der Waals surface area contributed by atoms with Crippen LogP contribution in [0.3, 0.4) is 0 Å². The fourth-order valence-electron chi connectivity index (χ4n) is 3.22. The van der Waals surface area contributed by atoms with Gasteiger partial charge < -0.3 is 19.7 Å². The third-order valence-corrected chi connectivity index (χ3v) is 5.67. The monoisotopic (exact) mass is 397 g/mol. The van der Waals surface area contributed by atoms with Crippen molar-refractivity contribution in [1.29, 1.82) is 0 Å². The SMILES string of the molecule is OCCN1C(=S)N[C@H](c2ccccn2)[C@H]1c1ccc(Sc2ccccc2)o1. The van der Waals surface area contributed by atoms with Crippen LogP contribution in [0.4, 0.5) is 0 Å². The van der Waals surface area contributed by atoms with Crippen molar-refractivity contribution in [3.8, 4) is 0 Å². The normalized spacial score (nSPS) is 19.3. The van der Waals surface area contributed by atoms with Gasteiger partial charge in [-0.3, -0.25) is 4.98 Å². The van der Waals surface area contributed by atoms with E-state index in [2.05, 4.69) is 10.3 Å². The van der Waals surface area contributed by atoms with Crippen LogP contribution in [0.5, 0.6) is 0 Å². The highest BCUT2D eigenvalue weighted by Crippen LogP contribution is 2.40. The van der Waals surface area contributed by atoms with Crippen LogP contribution in [0.1, 0.15) is 23.5 Å². The summed E-state index contributed by atoms with van der Waals surface area (Å²) in [5.74, 6) is 0.796. The number of thiocarbonyl (C=S) groups is 1. The molecule has 2 N–H and O–H groups in total. The Labute approximate surface area is 167 Å². The van der Waals surface area contributed by atoms with Gasteiger partial charge in [-0.25, -0.2) is 0 Å². The molecule has 1 saturated heterocycles. The Morgan fingerprint density at radius 3 is 2.67 bits per heavy atom. The zero-order valence-corrected chi connectivity index (χ0v) is 16.1. The minimum atomic E-state index is -0.162. The molecule has 5 nitrogen and oxygen atoms in total. The van der Waals surface area contributed by atoms with Gasteiger partial charge in [0.05, 0.1) is 18.3 Å². The third-order valence-electron chi connectivity index (χ3n) is 4.39. The zero-order chi connectivity index (χ0) is 18.6. The highest BCUT2D eigenvalue weighted by molar-refractivity contribution is 7.99. The van der Waals surface area contributed by atoms with Crippen LogP contribution < -0.4 is 5.32 Å². The van der Waals surface area contributed by atoms with E-state index >= 15 is 0 Å². The first-order valence-electron chi connectivity index (χ1n) is 8.68. The Kier molecular flexibility index (Phi) is 5.42. The van der Waals surface area contributed by atoms with Gasteiger partial charge >= 0.3 is 0 Å². The second-order valence-corrected chi connectivity index (χ2v) is 7.58. The van der Waals surface area contributed by atoms with Crippen molar-refractivity contribution in [3.05, 3.63) is 78.3 Å². The summed E-state index contributed by atoms with van der Waals surface area (Å²) in [6.45, 7) is 0.446. The molecule has 0 spiro atoms. The van der Waals surface area contributed by atoms with E-state index in [9.17, 15) is 5.11 Å². The Balaban J connectivity index is 1.64. The van der Waals surface area contributed by atoms with Crippen molar-refractivity contribution >= 4 is 29.1 Å². The summed E-state index contributed by atoms with van der Waals surface area (Å²) in [4.78, 5) is 7.56. The molecule has 1 aliphatic heterocycles. The van der Waals surface area contributed by atoms with Gasteiger partial charge in [0.2, 0.25) is 0 Å². The van der Waals surface area contributed by atoms with Crippen LogP contribution in [0.25, 0.3) is 0 Å². The van der Waals surface area contributed by atoms with Gasteiger partial charge in [-0.1, -0.05) is 36.0 Å². The summed E-state index contributed by atoms with van der Waals surface area (Å²) in [7, 11) is 0. The van der Waals surface area contributed by atoms with Crippen LogP contribution in [0, 0.1) is 0 Å². The molecular formula is C20H19N3O2S2. The number of hydrogen-bond donors (Lipinski definition) is 2. The molecule has 7 heteroatoms. The maximum absolute atomic E-state index is 9.49. The summed E-state index contributed by atoms with van der Waals surface area (Å²) < 4.78 is 6.16. The van der Waals surface area contributed by atoms with Crippen molar-refractivity contribution in [2.45, 2.75) is 22.1 Å². The molecule has 1 fully saturated rings. The first kappa shape index (κ1) is 18.0. The van der Waals surface area contributed by atoms with Crippen LogP contribution in [0.2, 0.25) is 0 Å². The molecule has 0 aliphatic carbocycles. The second-order valence-electron chi connectivity index (χ2n) is 6.12. The lowest BCUT2D eigenvalue weighted by Crippen LogP contribution is -2.32. The number of aliphatic hydroxyl groups is 1. The molecule has 2 atom stereocenters. The summed E-state index contributed by atoms with van der Waals surface area (Å²) in [5.41, 5.74) is 0.888. The van der Waals surface area contributed by atoms with Gasteiger partial charge in [-0.2, -0.15) is 0 Å². The summed E-state index contributed by atoms with van der Waals surface area (Å²) in [5, 5.41) is 14.2. The molecule has 3 aromatic rings. The Morgan fingerprint density at radius 2 is 1.93 bits per heavy atom. The molecule has 4 rings (SSSR count). The zero-order valence-electron chi connectivity index (χ0n) is 14.5. The first-order valence-corrected chi connectivity index (χ1v) is 9.90. The summed E-state index contributed by atoms with van der Waals surface area (Å²) in [6.07, 6.45) is 1.77. The quantitative estimate of drug-likeness (QED) is 0.614. The van der Waals surface area contributed by atoms with E-state index in [0.717, 1.165) is 21.4 Å². The fraction of sp³-hybridized carbons (Fsp3) is 0.200. The van der Waals surface area contributed by atoms with E-state index in [1.807, 2.05) is 65.6 Å². The number of β-amino-alcohol motifs (C(OH)–C–C–N with tert-alkyl or cyclic N) is 1. The second kappa shape index (κ2) is 8.12. The van der Waals surface area contributed by atoms with Gasteiger partial charge in [-0.05, 0) is 48.6 Å². The van der Waals surface area contributed by atoms with Crippen molar-refractivity contribution < 1.29 is 9.52 Å². The average Bonchev–Trinajstić information content (AvgIpc) is 3.28. The minimum absolute atomic E-state index is 0.0135. The predicted octanol–water partition coefficient (Wildman–Crippen LogP) is 3.79. The Bertz CT molecular complexity index is 902. The molecule has 3 heterocycles. The summed E-state index contributed by atoms with van der Waals surface area (Å²) >= 11 is 7.08. The van der Waals surface area contributed by atoms with Crippen LogP contribution in [0.15, 0.2) is 81.3 Å². The Hall–Kier alpha value is -2.35. The standard InChI is InChI=1S/C20H19N3O2S2/c24-13-12-23-19(18(22-20(23)26)15-8-4-5-11-21-15)16-9-10-17(25-16)27-14-6-2-1-3-7-14/h1-11,18-19,24H,12-13H2,(H,22,26)/t18-,19-/m1/s1. The van der Waals surface area contributed by atoms with Gasteiger partial charge in [0.15, 0.2) is 10.2 Å². The molecule has 27 heavy (non-hydrogen) atoms.